The smallest absolute Gasteiger partial charge is 0.230 e. The maximum absolute atomic E-state index is 11.3. The van der Waals surface area contributed by atoms with E-state index in [1.807, 2.05) is 0 Å². The quantitative estimate of drug-likeness (QED) is 0.467. The van der Waals surface area contributed by atoms with Crippen molar-refractivity contribution in [3.63, 3.8) is 0 Å². The van der Waals surface area contributed by atoms with Gasteiger partial charge in [-0.1, -0.05) is 6.08 Å². The van der Waals surface area contributed by atoms with Gasteiger partial charge < -0.3 is 10.0 Å². The summed E-state index contributed by atoms with van der Waals surface area (Å²) in [6.45, 7) is 5.36. The largest absolute Gasteiger partial charge is 0.395 e. The first-order chi connectivity index (χ1) is 6.11. The minimum atomic E-state index is -0.263. The highest BCUT2D eigenvalue weighted by molar-refractivity contribution is 5.96. The molecule has 0 aliphatic rings. The van der Waals surface area contributed by atoms with Gasteiger partial charge in [0.25, 0.3) is 0 Å². The van der Waals surface area contributed by atoms with E-state index in [0.29, 0.717) is 6.54 Å². The highest BCUT2D eigenvalue weighted by Gasteiger charge is 2.12. The fourth-order valence-electron chi connectivity index (χ4n) is 0.919. The van der Waals surface area contributed by atoms with Gasteiger partial charge in [0.1, 0.15) is 5.78 Å². The Labute approximate surface area is 77.8 Å². The number of hydrogen-bond acceptors (Lipinski definition) is 3. The molecule has 0 bridgehead atoms. The van der Waals surface area contributed by atoms with Crippen LogP contribution in [0.25, 0.3) is 0 Å². The molecule has 0 radical (unpaired) electrons. The Kier molecular flexibility index (Phi) is 5.80. The lowest BCUT2D eigenvalue weighted by atomic mass is 10.2. The molecule has 0 unspecified atom stereocenters. The minimum Gasteiger partial charge on any atom is -0.395 e. The highest BCUT2D eigenvalue weighted by Crippen LogP contribution is 1.95. The lowest BCUT2D eigenvalue weighted by Gasteiger charge is -2.18. The van der Waals surface area contributed by atoms with Crippen LogP contribution in [0.2, 0.25) is 0 Å². The molecule has 1 amide bonds. The van der Waals surface area contributed by atoms with Gasteiger partial charge in [-0.05, 0) is 6.92 Å². The van der Waals surface area contributed by atoms with Crippen LogP contribution in [-0.2, 0) is 9.59 Å². The van der Waals surface area contributed by atoms with Crippen molar-refractivity contribution in [2.24, 2.45) is 0 Å². The second-order valence-corrected chi connectivity index (χ2v) is 2.73. The molecule has 0 aliphatic heterocycles. The average Bonchev–Trinajstić information content (AvgIpc) is 2.02. The number of nitrogens with zero attached hydrogens (tertiary/aromatic N) is 1. The summed E-state index contributed by atoms with van der Waals surface area (Å²) in [6, 6.07) is 0. The summed E-state index contributed by atoms with van der Waals surface area (Å²) in [6.07, 6.45) is 1.46. The van der Waals surface area contributed by atoms with E-state index >= 15 is 0 Å². The van der Waals surface area contributed by atoms with Crippen molar-refractivity contribution in [3.05, 3.63) is 12.7 Å². The summed E-state index contributed by atoms with van der Waals surface area (Å²) < 4.78 is 0. The molecule has 1 N–H and O–H groups in total. The monoisotopic (exact) mass is 185 g/mol. The zero-order valence-corrected chi connectivity index (χ0v) is 7.82. The van der Waals surface area contributed by atoms with Crippen LogP contribution in [-0.4, -0.2) is 41.4 Å². The van der Waals surface area contributed by atoms with E-state index in [9.17, 15) is 9.59 Å². The van der Waals surface area contributed by atoms with Crippen molar-refractivity contribution >= 4 is 11.7 Å². The highest BCUT2D eigenvalue weighted by atomic mass is 16.3. The Morgan fingerprint density at radius 1 is 1.54 bits per heavy atom. The van der Waals surface area contributed by atoms with Crippen molar-refractivity contribution in [2.45, 2.75) is 13.3 Å². The minimum absolute atomic E-state index is 0.0997. The van der Waals surface area contributed by atoms with Gasteiger partial charge in [-0.3, -0.25) is 9.59 Å². The van der Waals surface area contributed by atoms with Gasteiger partial charge in [-0.15, -0.1) is 6.58 Å². The summed E-state index contributed by atoms with van der Waals surface area (Å²) in [5, 5.41) is 8.63. The van der Waals surface area contributed by atoms with E-state index < -0.39 is 0 Å². The summed E-state index contributed by atoms with van der Waals surface area (Å²) >= 11 is 0. The van der Waals surface area contributed by atoms with E-state index in [-0.39, 0.29) is 31.3 Å². The summed E-state index contributed by atoms with van der Waals surface area (Å²) in [4.78, 5) is 23.3. The molecule has 0 fully saturated rings. The number of Topliss-reactive ketones (excluding diaryl/α,β-unsaturated/α-hetero) is 1. The van der Waals surface area contributed by atoms with Crippen molar-refractivity contribution in [2.75, 3.05) is 19.7 Å². The molecule has 4 heteroatoms. The third kappa shape index (κ3) is 5.14. The number of ketones is 1. The Bertz CT molecular complexity index is 201. The van der Waals surface area contributed by atoms with E-state index in [2.05, 4.69) is 6.58 Å². The van der Waals surface area contributed by atoms with Crippen LogP contribution in [0.4, 0.5) is 0 Å². The van der Waals surface area contributed by atoms with Crippen molar-refractivity contribution in [1.82, 2.24) is 4.90 Å². The SMILES string of the molecule is C=CCN(CCO)C(=O)CC(C)=O. The Morgan fingerprint density at radius 3 is 2.54 bits per heavy atom. The molecule has 0 saturated carbocycles. The number of amides is 1. The summed E-state index contributed by atoms with van der Waals surface area (Å²) in [7, 11) is 0. The maximum Gasteiger partial charge on any atom is 0.230 e. The molecule has 0 saturated heterocycles. The molecule has 0 aromatic carbocycles. The van der Waals surface area contributed by atoms with E-state index in [0.717, 1.165) is 0 Å². The molecule has 0 aliphatic carbocycles. The summed E-state index contributed by atoms with van der Waals surface area (Å²) in [5.74, 6) is -0.432. The van der Waals surface area contributed by atoms with Gasteiger partial charge in [0.15, 0.2) is 0 Å². The zero-order chi connectivity index (χ0) is 10.3. The molecule has 0 aromatic heterocycles. The fraction of sp³-hybridized carbons (Fsp3) is 0.556. The van der Waals surface area contributed by atoms with Gasteiger partial charge in [-0.25, -0.2) is 0 Å². The van der Waals surface area contributed by atoms with Crippen LogP contribution in [0.3, 0.4) is 0 Å². The van der Waals surface area contributed by atoms with Crippen LogP contribution in [0.5, 0.6) is 0 Å². The summed E-state index contributed by atoms with van der Waals surface area (Å²) in [5.41, 5.74) is 0. The number of carbonyl (C=O) groups is 2. The van der Waals surface area contributed by atoms with Gasteiger partial charge in [-0.2, -0.15) is 0 Å². The fourth-order valence-corrected chi connectivity index (χ4v) is 0.919. The molecule has 0 aromatic rings. The number of carbonyl (C=O) groups excluding carboxylic acids is 2. The first-order valence-electron chi connectivity index (χ1n) is 4.10. The Hall–Kier alpha value is -1.16. The molecule has 13 heavy (non-hydrogen) atoms. The van der Waals surface area contributed by atoms with Crippen LogP contribution in [0.15, 0.2) is 12.7 Å². The normalized spacial score (nSPS) is 9.38. The maximum atomic E-state index is 11.3. The van der Waals surface area contributed by atoms with Crippen LogP contribution in [0.1, 0.15) is 13.3 Å². The van der Waals surface area contributed by atoms with Crippen molar-refractivity contribution in [3.8, 4) is 0 Å². The predicted octanol–water partition coefficient (Wildman–Crippen LogP) is -0.0276. The average molecular weight is 185 g/mol. The van der Waals surface area contributed by atoms with Crippen LogP contribution < -0.4 is 0 Å². The lowest BCUT2D eigenvalue weighted by Crippen LogP contribution is -2.34. The molecule has 0 heterocycles. The Balaban J connectivity index is 4.09. The van der Waals surface area contributed by atoms with Gasteiger partial charge >= 0.3 is 0 Å². The molecular weight excluding hydrogens is 170 g/mol. The number of aliphatic hydroxyl groups is 1. The number of aliphatic hydroxyl groups excluding tert-OH is 1. The molecule has 0 spiro atoms. The molecule has 0 rings (SSSR count). The molecule has 0 atom stereocenters. The van der Waals surface area contributed by atoms with Gasteiger partial charge in [0.2, 0.25) is 5.91 Å². The van der Waals surface area contributed by atoms with Gasteiger partial charge in [0.05, 0.1) is 13.0 Å². The molecule has 4 nitrogen and oxygen atoms in total. The van der Waals surface area contributed by atoms with E-state index in [4.69, 9.17) is 5.11 Å². The first kappa shape index (κ1) is 11.8. The lowest BCUT2D eigenvalue weighted by molar-refractivity contribution is -0.134. The first-order valence-corrected chi connectivity index (χ1v) is 4.10. The number of hydrogen-bond donors (Lipinski definition) is 1. The standard InChI is InChI=1S/C9H15NO3/c1-3-4-10(5-6-11)9(13)7-8(2)12/h3,11H,1,4-7H2,2H3. The van der Waals surface area contributed by atoms with Crippen molar-refractivity contribution < 1.29 is 14.7 Å². The molecular formula is C9H15NO3. The van der Waals surface area contributed by atoms with Crippen LogP contribution >= 0.6 is 0 Å². The second-order valence-electron chi connectivity index (χ2n) is 2.73. The third-order valence-electron chi connectivity index (χ3n) is 1.47. The van der Waals surface area contributed by atoms with Crippen LogP contribution in [0, 0.1) is 0 Å². The number of rotatable bonds is 6. The zero-order valence-electron chi connectivity index (χ0n) is 7.82. The molecule has 74 valence electrons. The Morgan fingerprint density at radius 2 is 2.15 bits per heavy atom. The van der Waals surface area contributed by atoms with E-state index in [1.54, 1.807) is 6.08 Å². The van der Waals surface area contributed by atoms with E-state index in [1.165, 1.54) is 11.8 Å². The topological polar surface area (TPSA) is 57.6 Å². The van der Waals surface area contributed by atoms with Crippen molar-refractivity contribution in [1.29, 1.82) is 0 Å². The predicted molar refractivity (Wildman–Crippen MR) is 49.2 cm³/mol. The van der Waals surface area contributed by atoms with Gasteiger partial charge in [0, 0.05) is 13.1 Å². The second kappa shape index (κ2) is 6.37. The third-order valence-corrected chi connectivity index (χ3v) is 1.47.